The van der Waals surface area contributed by atoms with Gasteiger partial charge in [0, 0.05) is 22.6 Å². The molecule has 5 rings (SSSR count). The fourth-order valence-electron chi connectivity index (χ4n) is 5.28. The monoisotopic (exact) mass is 721 g/mol. The number of methoxy groups -OCH3 is 1. The summed E-state index contributed by atoms with van der Waals surface area (Å²) in [6.07, 6.45) is 1.51. The third-order valence-electron chi connectivity index (χ3n) is 9.40. The van der Waals surface area contributed by atoms with E-state index in [1.807, 2.05) is 65.8 Å². The summed E-state index contributed by atoms with van der Waals surface area (Å²) in [5, 5.41) is 18.1. The van der Waals surface area contributed by atoms with Crippen LogP contribution in [-0.4, -0.2) is 76.5 Å². The molecule has 1 unspecified atom stereocenters. The van der Waals surface area contributed by atoms with E-state index in [9.17, 15) is 4.79 Å². The van der Waals surface area contributed by atoms with Gasteiger partial charge < -0.3 is 28.6 Å². The third-order valence-corrected chi connectivity index (χ3v) is 14.9. The lowest BCUT2D eigenvalue weighted by atomic mass is 10.0. The molecule has 4 aromatic rings. The molecule has 50 heavy (non-hydrogen) atoms. The number of carbonyl (C=O) groups is 1. The van der Waals surface area contributed by atoms with Crippen molar-refractivity contribution in [2.24, 2.45) is 0 Å². The fourth-order valence-corrected chi connectivity index (χ4v) is 7.52. The molecule has 0 aliphatic heterocycles. The number of rotatable bonds is 12. The van der Waals surface area contributed by atoms with Crippen molar-refractivity contribution in [3.8, 4) is 28.4 Å². The van der Waals surface area contributed by atoms with Crippen LogP contribution in [0.15, 0.2) is 28.8 Å². The highest BCUT2D eigenvalue weighted by Crippen LogP contribution is 2.43. The lowest BCUT2D eigenvalue weighted by molar-refractivity contribution is 0.0338. The number of nitrogens with one attached hydrogen (secondary N) is 1. The van der Waals surface area contributed by atoms with Crippen molar-refractivity contribution in [2.75, 3.05) is 25.6 Å². The molecule has 0 radical (unpaired) electrons. The number of benzene rings is 1. The smallest absolute Gasteiger partial charge is 0.410 e. The van der Waals surface area contributed by atoms with E-state index in [0.29, 0.717) is 40.7 Å². The maximum absolute atomic E-state index is 12.9. The minimum atomic E-state index is -2.24. The predicted octanol–water partition coefficient (Wildman–Crippen LogP) is 8.83. The van der Waals surface area contributed by atoms with E-state index in [-0.39, 0.29) is 11.6 Å². The van der Waals surface area contributed by atoms with Crippen LogP contribution in [0.3, 0.4) is 0 Å². The molecule has 0 spiro atoms. The van der Waals surface area contributed by atoms with Crippen molar-refractivity contribution < 1.29 is 23.2 Å². The Kier molecular flexibility index (Phi) is 10.8. The van der Waals surface area contributed by atoms with E-state index in [0.717, 1.165) is 45.9 Å². The summed E-state index contributed by atoms with van der Waals surface area (Å²) in [6.45, 7) is 23.2. The van der Waals surface area contributed by atoms with Crippen LogP contribution in [0.4, 0.5) is 15.7 Å². The van der Waals surface area contributed by atoms with Gasteiger partial charge in [-0.05, 0) is 84.6 Å². The quantitative estimate of drug-likeness (QED) is 0.140. The third kappa shape index (κ3) is 8.52. The molecule has 3 heterocycles. The zero-order valence-electron chi connectivity index (χ0n) is 31.4. The Hall–Kier alpha value is -3.88. The first-order valence-electron chi connectivity index (χ1n) is 17.1. The van der Waals surface area contributed by atoms with Gasteiger partial charge in [-0.1, -0.05) is 49.4 Å². The average molecular weight is 722 g/mol. The summed E-state index contributed by atoms with van der Waals surface area (Å²) in [5.41, 5.74) is 3.43. The highest BCUT2D eigenvalue weighted by Gasteiger charge is 2.41. The van der Waals surface area contributed by atoms with Crippen molar-refractivity contribution in [3.05, 3.63) is 46.3 Å². The van der Waals surface area contributed by atoms with Crippen LogP contribution >= 0.6 is 11.3 Å². The Morgan fingerprint density at radius 2 is 1.82 bits per heavy atom. The predicted molar refractivity (Wildman–Crippen MR) is 199 cm³/mol. The molecule has 0 bridgehead atoms. The van der Waals surface area contributed by atoms with Crippen LogP contribution in [0.25, 0.3) is 22.6 Å². The second-order valence-electron chi connectivity index (χ2n) is 15.5. The van der Waals surface area contributed by atoms with Gasteiger partial charge in [-0.25, -0.2) is 14.8 Å². The van der Waals surface area contributed by atoms with E-state index < -0.39 is 26.1 Å². The number of hydrogen-bond acceptors (Lipinski definition) is 12. The Balaban J connectivity index is 1.47. The van der Waals surface area contributed by atoms with E-state index in [1.54, 1.807) is 16.2 Å². The standard InChI is InChI=1S/C36H51N7O5SSi/c1-21-29(28-22(2)42-47-23(28)3)37-31(38-30(21)39-33-41-40-32(49-33)24-16-17-24)25-14-13-15-26(18-25)46-20-27(48-50(11,12)36(7,8)9)19-43(34(44)45-10)35(4,5)6/h13-15,18,24,27H,16-17,19-20H2,1-12H3,(H,37,38,39,41). The highest BCUT2D eigenvalue weighted by atomic mass is 32.1. The number of ether oxygens (including phenoxy) is 2. The first kappa shape index (κ1) is 37.4. The molecule has 14 heteroatoms. The largest absolute Gasteiger partial charge is 0.491 e. The normalized spacial score (nSPS) is 14.4. The zero-order chi connectivity index (χ0) is 36.6. The highest BCUT2D eigenvalue weighted by molar-refractivity contribution is 7.15. The summed E-state index contributed by atoms with van der Waals surface area (Å²) in [4.78, 5) is 24.6. The zero-order valence-corrected chi connectivity index (χ0v) is 33.2. The van der Waals surface area contributed by atoms with Crippen molar-refractivity contribution in [2.45, 2.75) is 111 Å². The number of nitrogens with zero attached hydrogens (tertiary/aromatic N) is 6. The van der Waals surface area contributed by atoms with Gasteiger partial charge in [-0.3, -0.25) is 0 Å². The summed E-state index contributed by atoms with van der Waals surface area (Å²) >= 11 is 1.56. The minimum Gasteiger partial charge on any atom is -0.491 e. The Morgan fingerprint density at radius 3 is 2.42 bits per heavy atom. The number of aromatic nitrogens is 5. The van der Waals surface area contributed by atoms with E-state index in [4.69, 9.17) is 28.4 Å². The van der Waals surface area contributed by atoms with Gasteiger partial charge in [0.05, 0.1) is 36.7 Å². The number of anilines is 2. The molecular formula is C36H51N7O5SSi. The van der Waals surface area contributed by atoms with Crippen LogP contribution < -0.4 is 10.1 Å². The van der Waals surface area contributed by atoms with Gasteiger partial charge >= 0.3 is 6.09 Å². The lowest BCUT2D eigenvalue weighted by Gasteiger charge is -2.42. The molecule has 270 valence electrons. The molecule has 1 aliphatic carbocycles. The molecular weight excluding hydrogens is 671 g/mol. The Bertz CT molecular complexity index is 1800. The molecule has 1 fully saturated rings. The van der Waals surface area contributed by atoms with Gasteiger partial charge in [-0.2, -0.15) is 0 Å². The molecule has 1 aliphatic rings. The number of aryl methyl sites for hydroxylation is 2. The average Bonchev–Trinajstić information content (AvgIpc) is 3.70. The van der Waals surface area contributed by atoms with Gasteiger partial charge in [0.1, 0.15) is 28.9 Å². The van der Waals surface area contributed by atoms with E-state index >= 15 is 0 Å². The van der Waals surface area contributed by atoms with Crippen LogP contribution in [0.2, 0.25) is 18.1 Å². The Morgan fingerprint density at radius 1 is 1.10 bits per heavy atom. The summed E-state index contributed by atoms with van der Waals surface area (Å²) in [5.74, 6) is 2.94. The van der Waals surface area contributed by atoms with Gasteiger partial charge in [0.15, 0.2) is 14.1 Å². The first-order valence-corrected chi connectivity index (χ1v) is 20.8. The van der Waals surface area contributed by atoms with Crippen LogP contribution in [0.1, 0.15) is 82.3 Å². The fraction of sp³-hybridized carbons (Fsp3) is 0.556. The lowest BCUT2D eigenvalue weighted by Crippen LogP contribution is -2.54. The Labute approximate surface area is 300 Å². The second-order valence-corrected chi connectivity index (χ2v) is 21.3. The van der Waals surface area contributed by atoms with Crippen molar-refractivity contribution in [1.82, 2.24) is 30.2 Å². The first-order chi connectivity index (χ1) is 23.4. The SMILES string of the molecule is COC(=O)N(CC(COc1cccc(-c2nc(Nc3nnc(C4CC4)s3)c(C)c(-c3c(C)noc3C)n2)c1)O[Si](C)(C)C(C)(C)C)C(C)(C)C. The van der Waals surface area contributed by atoms with Crippen LogP contribution in [-0.2, 0) is 9.16 Å². The molecule has 1 amide bonds. The number of hydrogen-bond donors (Lipinski definition) is 1. The maximum Gasteiger partial charge on any atom is 0.410 e. The van der Waals surface area contributed by atoms with E-state index in [1.165, 1.54) is 7.11 Å². The van der Waals surface area contributed by atoms with Crippen molar-refractivity contribution in [3.63, 3.8) is 0 Å². The molecule has 1 N–H and O–H groups in total. The molecule has 3 aromatic heterocycles. The molecule has 12 nitrogen and oxygen atoms in total. The van der Waals surface area contributed by atoms with Gasteiger partial charge in [0.2, 0.25) is 5.13 Å². The minimum absolute atomic E-state index is 0.0371. The summed E-state index contributed by atoms with van der Waals surface area (Å²) < 4.78 is 24.0. The van der Waals surface area contributed by atoms with Crippen LogP contribution in [0, 0.1) is 20.8 Å². The topological polar surface area (TPSA) is 138 Å². The molecule has 1 saturated carbocycles. The van der Waals surface area contributed by atoms with Crippen LogP contribution in [0.5, 0.6) is 5.75 Å². The number of amides is 1. The summed E-state index contributed by atoms with van der Waals surface area (Å²) in [6, 6.07) is 7.70. The van der Waals surface area contributed by atoms with Crippen molar-refractivity contribution >= 4 is 36.7 Å². The second kappa shape index (κ2) is 14.4. The van der Waals surface area contributed by atoms with Gasteiger partial charge in [0.25, 0.3) is 0 Å². The molecule has 0 saturated heterocycles. The molecule has 1 atom stereocenters. The van der Waals surface area contributed by atoms with Gasteiger partial charge in [-0.15, -0.1) is 10.2 Å². The molecule has 1 aromatic carbocycles. The number of carbonyl (C=O) groups excluding carboxylic acids is 1. The van der Waals surface area contributed by atoms with E-state index in [2.05, 4.69) is 54.5 Å². The van der Waals surface area contributed by atoms with Crippen molar-refractivity contribution in [1.29, 1.82) is 0 Å². The summed E-state index contributed by atoms with van der Waals surface area (Å²) in [7, 11) is -0.835. The maximum atomic E-state index is 12.9.